The van der Waals surface area contributed by atoms with Crippen molar-refractivity contribution >= 4 is 23.3 Å². The highest BCUT2D eigenvalue weighted by atomic mass is 16.7. The van der Waals surface area contributed by atoms with Crippen molar-refractivity contribution in [1.82, 2.24) is 0 Å². The van der Waals surface area contributed by atoms with Crippen LogP contribution in [-0.2, 0) is 35.0 Å². The van der Waals surface area contributed by atoms with E-state index >= 15 is 0 Å². The fourth-order valence-electron chi connectivity index (χ4n) is 5.61. The average Bonchev–Trinajstić information content (AvgIpc) is 3.03. The van der Waals surface area contributed by atoms with E-state index in [9.17, 15) is 19.7 Å². The van der Waals surface area contributed by atoms with Gasteiger partial charge in [-0.2, -0.15) is 0 Å². The van der Waals surface area contributed by atoms with Crippen molar-refractivity contribution in [3.63, 3.8) is 0 Å². The summed E-state index contributed by atoms with van der Waals surface area (Å²) in [5.74, 6) is -2.26. The first kappa shape index (κ1) is 33.8. The zero-order chi connectivity index (χ0) is 32.2. The van der Waals surface area contributed by atoms with Crippen molar-refractivity contribution in [2.75, 3.05) is 33.0 Å². The molecule has 1 fully saturated rings. The Labute approximate surface area is 263 Å². The van der Waals surface area contributed by atoms with Gasteiger partial charge in [-0.05, 0) is 76.1 Å². The Morgan fingerprint density at radius 1 is 1.02 bits per heavy atom. The van der Waals surface area contributed by atoms with Crippen LogP contribution in [0.2, 0.25) is 0 Å². The first-order valence-electron chi connectivity index (χ1n) is 15.6. The zero-order valence-electron chi connectivity index (χ0n) is 26.2. The molecule has 1 saturated heterocycles. The molecular weight excluding hydrogens is 580 g/mol. The minimum atomic E-state index is -0.928. The third-order valence-corrected chi connectivity index (χ3v) is 7.79. The number of hydrogen-bond acceptors (Lipinski definition) is 10. The van der Waals surface area contributed by atoms with Crippen molar-refractivity contribution in [3.05, 3.63) is 81.0 Å². The molecule has 3 unspecified atom stereocenters. The lowest BCUT2D eigenvalue weighted by Gasteiger charge is -2.31. The Morgan fingerprint density at radius 2 is 1.82 bits per heavy atom. The van der Waals surface area contributed by atoms with Crippen LogP contribution in [-0.4, -0.2) is 61.9 Å². The lowest BCUT2D eigenvalue weighted by Crippen LogP contribution is -2.36. The number of ether oxygens (including phenoxy) is 5. The molecule has 2 aliphatic heterocycles. The molecule has 0 radical (unpaired) electrons. The van der Waals surface area contributed by atoms with E-state index in [1.807, 2.05) is 24.3 Å². The normalized spacial score (nSPS) is 19.9. The smallest absolute Gasteiger partial charge is 0.336 e. The Hall–Kier alpha value is -4.09. The largest absolute Gasteiger partial charge is 0.493 e. The van der Waals surface area contributed by atoms with Gasteiger partial charge in [-0.25, -0.2) is 4.79 Å². The molecule has 3 atom stereocenters. The van der Waals surface area contributed by atoms with E-state index in [4.69, 9.17) is 23.7 Å². The maximum absolute atomic E-state index is 13.4. The lowest BCUT2D eigenvalue weighted by atomic mass is 9.75. The summed E-state index contributed by atoms with van der Waals surface area (Å²) in [5, 5.41) is 11.5. The molecule has 0 bridgehead atoms. The Balaban J connectivity index is 1.30. The first-order chi connectivity index (χ1) is 21.8. The van der Waals surface area contributed by atoms with Gasteiger partial charge >= 0.3 is 11.9 Å². The van der Waals surface area contributed by atoms with Crippen LogP contribution in [0.15, 0.2) is 64.8 Å². The molecule has 11 heteroatoms. The van der Waals surface area contributed by atoms with Crippen molar-refractivity contribution in [2.45, 2.75) is 71.5 Å². The highest BCUT2D eigenvalue weighted by molar-refractivity contribution is 6.07. The highest BCUT2D eigenvalue weighted by Crippen LogP contribution is 2.41. The molecule has 0 amide bonds. The van der Waals surface area contributed by atoms with Crippen molar-refractivity contribution < 1.29 is 38.2 Å². The van der Waals surface area contributed by atoms with Crippen molar-refractivity contribution in [3.8, 4) is 5.75 Å². The van der Waals surface area contributed by atoms with Gasteiger partial charge in [-0.3, -0.25) is 19.9 Å². The van der Waals surface area contributed by atoms with Crippen LogP contribution in [0.25, 0.3) is 0 Å². The number of carbonyl (C=O) groups is 2. The van der Waals surface area contributed by atoms with E-state index < -0.39 is 28.7 Å². The van der Waals surface area contributed by atoms with Crippen molar-refractivity contribution in [2.24, 2.45) is 10.9 Å². The number of esters is 2. The number of benzene rings is 2. The number of rotatable bonds is 15. The Bertz CT molecular complexity index is 1380. The minimum absolute atomic E-state index is 0.0642. The average molecular weight is 623 g/mol. The summed E-state index contributed by atoms with van der Waals surface area (Å²) < 4.78 is 28.1. The summed E-state index contributed by atoms with van der Waals surface area (Å²) in [6.07, 6.45) is 5.41. The van der Waals surface area contributed by atoms with E-state index in [-0.39, 0.29) is 30.8 Å². The highest BCUT2D eigenvalue weighted by Gasteiger charge is 2.42. The number of carbonyl (C=O) groups excluding carboxylic acids is 2. The lowest BCUT2D eigenvalue weighted by molar-refractivity contribution is -0.384. The number of hydrogen-bond donors (Lipinski definition) is 0. The summed E-state index contributed by atoms with van der Waals surface area (Å²) in [5.41, 5.74) is 2.50. The Kier molecular flexibility index (Phi) is 12.6. The monoisotopic (exact) mass is 622 g/mol. The summed E-state index contributed by atoms with van der Waals surface area (Å²) in [6, 6.07) is 13.8. The molecular formula is C34H42N2O9. The second-order valence-corrected chi connectivity index (χ2v) is 11.1. The van der Waals surface area contributed by atoms with Crippen molar-refractivity contribution in [1.29, 1.82) is 0 Å². The van der Waals surface area contributed by atoms with Gasteiger partial charge in [0.25, 0.3) is 5.69 Å². The van der Waals surface area contributed by atoms with Gasteiger partial charge in [0.1, 0.15) is 11.7 Å². The van der Waals surface area contributed by atoms with E-state index in [1.54, 1.807) is 26.8 Å². The molecule has 11 nitrogen and oxygen atoms in total. The third-order valence-electron chi connectivity index (χ3n) is 7.79. The maximum Gasteiger partial charge on any atom is 0.336 e. The van der Waals surface area contributed by atoms with Crippen LogP contribution in [0.4, 0.5) is 5.69 Å². The third kappa shape index (κ3) is 9.45. The number of non-ortho nitro benzene ring substituents is 1. The number of allylic oxidation sites excluding steroid dienone is 1. The van der Waals surface area contributed by atoms with Gasteiger partial charge in [0, 0.05) is 42.5 Å². The summed E-state index contributed by atoms with van der Waals surface area (Å²) >= 11 is 0. The first-order valence-corrected chi connectivity index (χ1v) is 15.6. The van der Waals surface area contributed by atoms with Gasteiger partial charge < -0.3 is 23.7 Å². The van der Waals surface area contributed by atoms with Gasteiger partial charge in [-0.15, -0.1) is 0 Å². The van der Waals surface area contributed by atoms with Gasteiger partial charge in [0.2, 0.25) is 0 Å². The summed E-state index contributed by atoms with van der Waals surface area (Å²) in [4.78, 5) is 41.9. The van der Waals surface area contributed by atoms with E-state index in [1.165, 1.54) is 23.8 Å². The molecule has 0 aromatic heterocycles. The standard InChI is InChI=1S/C34H42N2O9/c1-4-41-33(37)30-23(2)35-24(3)31(32(30)26-11-7-12-27(22-26)36(39)40)34(38)45-21-9-20-42-28-16-14-25(15-17-28)10-8-19-44-29-13-5-6-18-43-29/h7,11-12,14-17,22,29-30,32H,4-6,8-10,13,18-21H2,1-3H3. The molecule has 0 spiro atoms. The molecule has 4 rings (SSSR count). The molecule has 2 aromatic rings. The van der Waals surface area contributed by atoms with Crippen LogP contribution < -0.4 is 4.74 Å². The number of nitro groups is 1. The number of aryl methyl sites for hydroxylation is 1. The van der Waals surface area contributed by atoms with E-state index in [0.29, 0.717) is 36.6 Å². The van der Waals surface area contributed by atoms with Crippen LogP contribution in [0, 0.1) is 16.0 Å². The van der Waals surface area contributed by atoms with Crippen LogP contribution in [0.1, 0.15) is 69.9 Å². The fourth-order valence-corrected chi connectivity index (χ4v) is 5.61. The number of nitro benzene ring substituents is 1. The number of nitrogens with zero attached hydrogens (tertiary/aromatic N) is 2. The number of aliphatic imine (C=N–C) groups is 1. The molecule has 2 aliphatic rings. The molecule has 0 saturated carbocycles. The summed E-state index contributed by atoms with van der Waals surface area (Å²) in [6.45, 7) is 7.03. The van der Waals surface area contributed by atoms with Crippen LogP contribution in [0.5, 0.6) is 5.75 Å². The van der Waals surface area contributed by atoms with Gasteiger partial charge in [0.15, 0.2) is 6.29 Å². The second-order valence-electron chi connectivity index (χ2n) is 11.1. The predicted octanol–water partition coefficient (Wildman–Crippen LogP) is 6.09. The van der Waals surface area contributed by atoms with Gasteiger partial charge in [0.05, 0.1) is 36.9 Å². The van der Waals surface area contributed by atoms with Gasteiger partial charge in [-0.1, -0.05) is 24.3 Å². The van der Waals surface area contributed by atoms with E-state index in [0.717, 1.165) is 44.5 Å². The van der Waals surface area contributed by atoms with Crippen LogP contribution >= 0.6 is 0 Å². The molecule has 45 heavy (non-hydrogen) atoms. The molecule has 242 valence electrons. The molecule has 0 N–H and O–H groups in total. The second kappa shape index (κ2) is 16.8. The fraction of sp³-hybridized carbons (Fsp3) is 0.500. The topological polar surface area (TPSA) is 136 Å². The maximum atomic E-state index is 13.4. The zero-order valence-corrected chi connectivity index (χ0v) is 26.2. The SMILES string of the molecule is CCOC(=O)C1C(C)=NC(C)=C(C(=O)OCCCOc2ccc(CCCOC3CCCCO3)cc2)C1c1cccc([N+](=O)[O-])c1. The molecule has 2 aromatic carbocycles. The predicted molar refractivity (Wildman–Crippen MR) is 167 cm³/mol. The van der Waals surface area contributed by atoms with E-state index in [2.05, 4.69) is 4.99 Å². The molecule has 0 aliphatic carbocycles. The molecule has 2 heterocycles. The quantitative estimate of drug-likeness (QED) is 0.1000. The van der Waals surface area contributed by atoms with Crippen LogP contribution in [0.3, 0.4) is 0 Å². The Morgan fingerprint density at radius 3 is 2.53 bits per heavy atom. The summed E-state index contributed by atoms with van der Waals surface area (Å²) in [7, 11) is 0. The minimum Gasteiger partial charge on any atom is -0.493 e.